The highest BCUT2D eigenvalue weighted by Gasteiger charge is 2.05. The maximum absolute atomic E-state index is 13.0. The Kier molecular flexibility index (Phi) is 5.41. The van der Waals surface area contributed by atoms with E-state index in [1.807, 2.05) is 29.0 Å². The second-order valence-corrected chi connectivity index (χ2v) is 5.50. The van der Waals surface area contributed by atoms with Gasteiger partial charge in [-0.05, 0) is 29.3 Å². The summed E-state index contributed by atoms with van der Waals surface area (Å²) in [5, 5.41) is 6.53. The van der Waals surface area contributed by atoms with Gasteiger partial charge in [-0.25, -0.2) is 9.37 Å². The molecule has 2 N–H and O–H groups in total. The van der Waals surface area contributed by atoms with Crippen LogP contribution in [0.2, 0.25) is 0 Å². The number of hydrogen-bond donors (Lipinski definition) is 2. The van der Waals surface area contributed by atoms with Gasteiger partial charge in [0.25, 0.3) is 0 Å². The number of aliphatic imine (C=N–C) groups is 1. The van der Waals surface area contributed by atoms with Gasteiger partial charge < -0.3 is 15.2 Å². The van der Waals surface area contributed by atoms with Gasteiger partial charge in [0.1, 0.15) is 5.82 Å². The molecule has 2 aromatic carbocycles. The highest BCUT2D eigenvalue weighted by molar-refractivity contribution is 5.79. The zero-order valence-electron chi connectivity index (χ0n) is 14.0. The van der Waals surface area contributed by atoms with Crippen molar-refractivity contribution >= 4 is 5.96 Å². The summed E-state index contributed by atoms with van der Waals surface area (Å²) in [5.74, 6) is 0.451. The van der Waals surface area contributed by atoms with Crippen molar-refractivity contribution in [2.45, 2.75) is 13.1 Å². The van der Waals surface area contributed by atoms with Gasteiger partial charge >= 0.3 is 0 Å². The first-order chi connectivity index (χ1) is 12.3. The monoisotopic (exact) mass is 337 g/mol. The van der Waals surface area contributed by atoms with Crippen LogP contribution >= 0.6 is 0 Å². The minimum Gasteiger partial charge on any atom is -0.352 e. The molecule has 0 saturated heterocycles. The van der Waals surface area contributed by atoms with Crippen LogP contribution in [-0.2, 0) is 13.1 Å². The largest absolute Gasteiger partial charge is 0.352 e. The average molecular weight is 337 g/mol. The molecule has 0 fully saturated rings. The van der Waals surface area contributed by atoms with Gasteiger partial charge in [0, 0.05) is 32.5 Å². The summed E-state index contributed by atoms with van der Waals surface area (Å²) in [5.41, 5.74) is 3.19. The van der Waals surface area contributed by atoms with E-state index in [1.54, 1.807) is 31.7 Å². The Morgan fingerprint density at radius 1 is 1.08 bits per heavy atom. The standard InChI is InChI=1S/C19H20FN5/c1-21-19(23-12-15-6-8-17(20)9-7-15)24-13-16-4-2-3-5-18(16)25-11-10-22-14-25/h2-11,14H,12-13H2,1H3,(H2,21,23,24). The number of hydrogen-bond acceptors (Lipinski definition) is 2. The van der Waals surface area contributed by atoms with Crippen LogP contribution in [0.4, 0.5) is 4.39 Å². The van der Waals surface area contributed by atoms with E-state index in [1.165, 1.54) is 12.1 Å². The number of imidazole rings is 1. The Hall–Kier alpha value is -3.15. The first-order valence-corrected chi connectivity index (χ1v) is 8.01. The highest BCUT2D eigenvalue weighted by Crippen LogP contribution is 2.13. The summed E-state index contributed by atoms with van der Waals surface area (Å²) in [6.07, 6.45) is 5.45. The van der Waals surface area contributed by atoms with Gasteiger partial charge in [0.2, 0.25) is 0 Å². The molecule has 3 rings (SSSR count). The van der Waals surface area contributed by atoms with Crippen molar-refractivity contribution in [3.63, 3.8) is 0 Å². The van der Waals surface area contributed by atoms with Gasteiger partial charge in [-0.3, -0.25) is 4.99 Å². The van der Waals surface area contributed by atoms with E-state index in [0.717, 1.165) is 16.8 Å². The molecule has 0 radical (unpaired) electrons. The van der Waals surface area contributed by atoms with Gasteiger partial charge in [-0.2, -0.15) is 0 Å². The lowest BCUT2D eigenvalue weighted by Crippen LogP contribution is -2.36. The van der Waals surface area contributed by atoms with Crippen LogP contribution < -0.4 is 10.6 Å². The Morgan fingerprint density at radius 2 is 1.84 bits per heavy atom. The summed E-state index contributed by atoms with van der Waals surface area (Å²) in [6.45, 7) is 1.20. The molecular weight excluding hydrogens is 317 g/mol. The normalized spacial score (nSPS) is 11.4. The topological polar surface area (TPSA) is 54.2 Å². The maximum Gasteiger partial charge on any atom is 0.191 e. The van der Waals surface area contributed by atoms with Crippen LogP contribution in [0.1, 0.15) is 11.1 Å². The Morgan fingerprint density at radius 3 is 2.56 bits per heavy atom. The minimum absolute atomic E-state index is 0.234. The third-order valence-electron chi connectivity index (χ3n) is 3.82. The molecule has 3 aromatic rings. The Balaban J connectivity index is 1.61. The first-order valence-electron chi connectivity index (χ1n) is 8.01. The van der Waals surface area contributed by atoms with Gasteiger partial charge in [-0.15, -0.1) is 0 Å². The summed E-state index contributed by atoms with van der Waals surface area (Å²) in [4.78, 5) is 8.33. The third kappa shape index (κ3) is 4.44. The van der Waals surface area contributed by atoms with Crippen LogP contribution in [0.5, 0.6) is 0 Å². The predicted molar refractivity (Wildman–Crippen MR) is 97.0 cm³/mol. The molecule has 5 nitrogen and oxygen atoms in total. The van der Waals surface area contributed by atoms with Crippen molar-refractivity contribution < 1.29 is 4.39 Å². The first kappa shape index (κ1) is 16.7. The molecule has 1 aromatic heterocycles. The summed E-state index contributed by atoms with van der Waals surface area (Å²) < 4.78 is 14.9. The number of nitrogens with one attached hydrogen (secondary N) is 2. The lowest BCUT2D eigenvalue weighted by atomic mass is 10.1. The molecule has 0 aliphatic carbocycles. The zero-order chi connectivity index (χ0) is 17.5. The van der Waals surface area contributed by atoms with Gasteiger partial charge in [0.05, 0.1) is 12.0 Å². The molecule has 1 heterocycles. The summed E-state index contributed by atoms with van der Waals surface area (Å²) in [7, 11) is 1.72. The van der Waals surface area contributed by atoms with Crippen LogP contribution in [0.25, 0.3) is 5.69 Å². The zero-order valence-corrected chi connectivity index (χ0v) is 14.0. The highest BCUT2D eigenvalue weighted by atomic mass is 19.1. The number of aromatic nitrogens is 2. The molecule has 0 atom stereocenters. The van der Waals surface area contributed by atoms with Gasteiger partial charge in [0.15, 0.2) is 5.96 Å². The van der Waals surface area contributed by atoms with E-state index in [-0.39, 0.29) is 5.82 Å². The van der Waals surface area contributed by atoms with E-state index in [2.05, 4.69) is 26.7 Å². The Labute approximate surface area is 146 Å². The van der Waals surface area contributed by atoms with E-state index in [4.69, 9.17) is 0 Å². The van der Waals surface area contributed by atoms with Crippen LogP contribution in [0.3, 0.4) is 0 Å². The molecule has 0 unspecified atom stereocenters. The number of guanidine groups is 1. The number of para-hydroxylation sites is 1. The van der Waals surface area contributed by atoms with Crippen molar-refractivity contribution in [3.8, 4) is 5.69 Å². The molecule has 0 aliphatic rings. The molecule has 25 heavy (non-hydrogen) atoms. The number of benzene rings is 2. The Bertz CT molecular complexity index is 825. The van der Waals surface area contributed by atoms with Crippen molar-refractivity contribution in [3.05, 3.63) is 84.2 Å². The van der Waals surface area contributed by atoms with Crippen molar-refractivity contribution in [1.82, 2.24) is 20.2 Å². The molecule has 0 spiro atoms. The third-order valence-corrected chi connectivity index (χ3v) is 3.82. The molecular formula is C19H20FN5. The van der Waals surface area contributed by atoms with E-state index in [0.29, 0.717) is 19.0 Å². The predicted octanol–water partition coefficient (Wildman–Crippen LogP) is 2.88. The molecule has 0 amide bonds. The van der Waals surface area contributed by atoms with Crippen LogP contribution in [0.15, 0.2) is 72.2 Å². The lowest BCUT2D eigenvalue weighted by molar-refractivity contribution is 0.626. The number of halogens is 1. The fourth-order valence-corrected chi connectivity index (χ4v) is 2.50. The molecule has 128 valence electrons. The van der Waals surface area contributed by atoms with Crippen molar-refractivity contribution in [2.24, 2.45) is 4.99 Å². The molecule has 0 bridgehead atoms. The minimum atomic E-state index is -0.234. The van der Waals surface area contributed by atoms with E-state index < -0.39 is 0 Å². The number of rotatable bonds is 5. The van der Waals surface area contributed by atoms with Crippen molar-refractivity contribution in [2.75, 3.05) is 7.05 Å². The fraction of sp³-hybridized carbons (Fsp3) is 0.158. The van der Waals surface area contributed by atoms with Crippen LogP contribution in [0, 0.1) is 5.82 Å². The second-order valence-electron chi connectivity index (χ2n) is 5.50. The quantitative estimate of drug-likeness (QED) is 0.556. The smallest absolute Gasteiger partial charge is 0.191 e. The summed E-state index contributed by atoms with van der Waals surface area (Å²) in [6, 6.07) is 14.5. The van der Waals surface area contributed by atoms with Crippen molar-refractivity contribution in [1.29, 1.82) is 0 Å². The molecule has 0 saturated carbocycles. The average Bonchev–Trinajstić information content (AvgIpc) is 3.18. The van der Waals surface area contributed by atoms with Gasteiger partial charge in [-0.1, -0.05) is 30.3 Å². The van der Waals surface area contributed by atoms with Crippen LogP contribution in [-0.4, -0.2) is 22.6 Å². The fourth-order valence-electron chi connectivity index (χ4n) is 2.50. The molecule has 0 aliphatic heterocycles. The van der Waals surface area contributed by atoms with E-state index in [9.17, 15) is 4.39 Å². The maximum atomic E-state index is 13.0. The molecule has 6 heteroatoms. The number of nitrogens with zero attached hydrogens (tertiary/aromatic N) is 3. The SMILES string of the molecule is CN=C(NCc1ccc(F)cc1)NCc1ccccc1-n1ccnc1. The van der Waals surface area contributed by atoms with E-state index >= 15 is 0 Å². The lowest BCUT2D eigenvalue weighted by Gasteiger charge is -2.14. The summed E-state index contributed by atoms with van der Waals surface area (Å²) >= 11 is 0. The second kappa shape index (κ2) is 8.10.